The van der Waals surface area contributed by atoms with Gasteiger partial charge in [-0.1, -0.05) is 54.1 Å². The van der Waals surface area contributed by atoms with Crippen LogP contribution in [0.1, 0.15) is 22.1 Å². The normalized spacial score (nSPS) is 11.9. The maximum atomic E-state index is 12.7. The van der Waals surface area contributed by atoms with Gasteiger partial charge in [-0.2, -0.15) is 15.4 Å². The molecule has 0 aliphatic heterocycles. The number of aliphatic hydroxyl groups excluding tert-OH is 1. The Morgan fingerprint density at radius 3 is 2.52 bits per heavy atom. The summed E-state index contributed by atoms with van der Waals surface area (Å²) in [5, 5.41) is 24.1. The van der Waals surface area contributed by atoms with Crippen molar-refractivity contribution in [3.05, 3.63) is 83.1 Å². The average molecular weight is 408 g/mol. The van der Waals surface area contributed by atoms with E-state index in [1.54, 1.807) is 24.4 Å². The van der Waals surface area contributed by atoms with Gasteiger partial charge in [0.05, 0.1) is 12.6 Å². The maximum absolute atomic E-state index is 12.7. The fraction of sp³-hybridized carbons (Fsp3) is 0.0952. The lowest BCUT2D eigenvalue weighted by molar-refractivity contribution is 0.0912. The molecule has 0 aliphatic carbocycles. The number of aromatic nitrogens is 4. The van der Waals surface area contributed by atoms with Crippen molar-refractivity contribution in [3.8, 4) is 22.5 Å². The Morgan fingerprint density at radius 1 is 1.03 bits per heavy atom. The lowest BCUT2D eigenvalue weighted by Gasteiger charge is -2.16. The Morgan fingerprint density at radius 2 is 1.79 bits per heavy atom. The fourth-order valence-corrected chi connectivity index (χ4v) is 3.28. The van der Waals surface area contributed by atoms with E-state index >= 15 is 0 Å². The zero-order chi connectivity index (χ0) is 20.2. The Balaban J connectivity index is 1.56. The van der Waals surface area contributed by atoms with E-state index in [0.717, 1.165) is 11.1 Å². The van der Waals surface area contributed by atoms with E-state index in [4.69, 9.17) is 11.6 Å². The highest BCUT2D eigenvalue weighted by molar-refractivity contribution is 6.30. The second-order valence-electron chi connectivity index (χ2n) is 6.45. The summed E-state index contributed by atoms with van der Waals surface area (Å²) in [6.45, 7) is -0.203. The van der Waals surface area contributed by atoms with Gasteiger partial charge in [0.25, 0.3) is 5.91 Å². The molecule has 2 aromatic carbocycles. The van der Waals surface area contributed by atoms with Gasteiger partial charge in [-0.25, -0.2) is 0 Å². The molecule has 1 amide bonds. The molecule has 4 rings (SSSR count). The molecule has 0 radical (unpaired) electrons. The molecule has 4 aromatic rings. The van der Waals surface area contributed by atoms with Gasteiger partial charge >= 0.3 is 0 Å². The molecule has 29 heavy (non-hydrogen) atoms. The average Bonchev–Trinajstić information content (AvgIpc) is 3.42. The van der Waals surface area contributed by atoms with Crippen molar-refractivity contribution >= 4 is 17.5 Å². The first kappa shape index (κ1) is 18.9. The van der Waals surface area contributed by atoms with Crippen molar-refractivity contribution in [2.24, 2.45) is 0 Å². The Hall–Kier alpha value is -3.42. The Labute approximate surface area is 171 Å². The van der Waals surface area contributed by atoms with Crippen LogP contribution < -0.4 is 5.32 Å². The van der Waals surface area contributed by atoms with Crippen molar-refractivity contribution in [3.63, 3.8) is 0 Å². The van der Waals surface area contributed by atoms with Crippen LogP contribution in [0.5, 0.6) is 0 Å². The summed E-state index contributed by atoms with van der Waals surface area (Å²) in [4.78, 5) is 15.6. The number of nitrogens with one attached hydrogen (secondary N) is 3. The standard InChI is InChI=1S/C21H18ClN5O2/c22-16-8-4-7-14(9-16)19-20(26-27-25-19)15-10-17(23-11-15)21(29)24-18(12-28)13-5-2-1-3-6-13/h1-11,18,23,28H,12H2,(H,24,29)(H,25,26,27). The first-order valence-electron chi connectivity index (χ1n) is 8.98. The predicted octanol–water partition coefficient (Wildman–Crippen LogP) is 3.58. The minimum Gasteiger partial charge on any atom is -0.394 e. The topological polar surface area (TPSA) is 107 Å². The lowest BCUT2D eigenvalue weighted by atomic mass is 10.1. The summed E-state index contributed by atoms with van der Waals surface area (Å²) in [7, 11) is 0. The number of aromatic amines is 2. The van der Waals surface area contributed by atoms with Crippen LogP contribution in [0.25, 0.3) is 22.5 Å². The summed E-state index contributed by atoms with van der Waals surface area (Å²) in [5.41, 5.74) is 3.95. The Bertz CT molecular complexity index is 1120. The van der Waals surface area contributed by atoms with Gasteiger partial charge in [0.2, 0.25) is 0 Å². The molecule has 0 saturated heterocycles. The second-order valence-corrected chi connectivity index (χ2v) is 6.89. The van der Waals surface area contributed by atoms with Crippen LogP contribution in [0.3, 0.4) is 0 Å². The van der Waals surface area contributed by atoms with E-state index in [-0.39, 0.29) is 12.5 Å². The molecule has 1 atom stereocenters. The smallest absolute Gasteiger partial charge is 0.268 e. The molecular weight excluding hydrogens is 390 g/mol. The molecule has 0 fully saturated rings. The number of hydrogen-bond acceptors (Lipinski definition) is 4. The number of rotatable bonds is 6. The van der Waals surface area contributed by atoms with Crippen molar-refractivity contribution in [2.75, 3.05) is 6.61 Å². The number of carbonyl (C=O) groups excluding carboxylic acids is 1. The van der Waals surface area contributed by atoms with Crippen LogP contribution >= 0.6 is 11.6 Å². The predicted molar refractivity (Wildman–Crippen MR) is 110 cm³/mol. The van der Waals surface area contributed by atoms with Crippen molar-refractivity contribution in [2.45, 2.75) is 6.04 Å². The van der Waals surface area contributed by atoms with Gasteiger partial charge in [0.15, 0.2) is 0 Å². The van der Waals surface area contributed by atoms with Gasteiger partial charge in [-0.15, -0.1) is 0 Å². The van der Waals surface area contributed by atoms with Crippen molar-refractivity contribution in [1.82, 2.24) is 25.7 Å². The third kappa shape index (κ3) is 4.06. The molecule has 1 unspecified atom stereocenters. The largest absolute Gasteiger partial charge is 0.394 e. The third-order valence-electron chi connectivity index (χ3n) is 4.54. The van der Waals surface area contributed by atoms with Crippen molar-refractivity contribution in [1.29, 1.82) is 0 Å². The highest BCUT2D eigenvalue weighted by atomic mass is 35.5. The zero-order valence-electron chi connectivity index (χ0n) is 15.3. The zero-order valence-corrected chi connectivity index (χ0v) is 16.0. The molecule has 4 N–H and O–H groups in total. The number of carbonyl (C=O) groups is 1. The summed E-state index contributed by atoms with van der Waals surface area (Å²) in [5.74, 6) is -0.327. The lowest BCUT2D eigenvalue weighted by Crippen LogP contribution is -2.30. The van der Waals surface area contributed by atoms with Crippen LogP contribution in [0.15, 0.2) is 66.9 Å². The molecule has 0 bridgehead atoms. The van der Waals surface area contributed by atoms with Gasteiger partial charge in [0.1, 0.15) is 17.1 Å². The summed E-state index contributed by atoms with van der Waals surface area (Å²) >= 11 is 6.08. The van der Waals surface area contributed by atoms with E-state index in [1.165, 1.54) is 0 Å². The molecule has 8 heteroatoms. The van der Waals surface area contributed by atoms with Crippen LogP contribution in [0.2, 0.25) is 5.02 Å². The minimum absolute atomic E-state index is 0.203. The molecule has 7 nitrogen and oxygen atoms in total. The van der Waals surface area contributed by atoms with E-state index in [9.17, 15) is 9.90 Å². The molecule has 0 aliphatic rings. The summed E-state index contributed by atoms with van der Waals surface area (Å²) < 4.78 is 0. The SMILES string of the molecule is O=C(NC(CO)c1ccccc1)c1cc(-c2n[nH]nc2-c2cccc(Cl)c2)c[nH]1. The number of benzene rings is 2. The first-order valence-corrected chi connectivity index (χ1v) is 9.35. The van der Waals surface area contributed by atoms with Gasteiger partial charge in [-0.05, 0) is 23.8 Å². The second kappa shape index (κ2) is 8.30. The van der Waals surface area contributed by atoms with Gasteiger partial charge in [0, 0.05) is 22.3 Å². The number of H-pyrrole nitrogens is 2. The van der Waals surface area contributed by atoms with E-state index in [2.05, 4.69) is 25.7 Å². The number of halogens is 1. The number of hydrogen-bond donors (Lipinski definition) is 4. The number of amides is 1. The van der Waals surface area contributed by atoms with Crippen molar-refractivity contribution < 1.29 is 9.90 Å². The number of aliphatic hydroxyl groups is 1. The molecule has 146 valence electrons. The minimum atomic E-state index is -0.496. The molecule has 0 saturated carbocycles. The summed E-state index contributed by atoms with van der Waals surface area (Å²) in [6.07, 6.45) is 1.69. The Kier molecular flexibility index (Phi) is 5.41. The maximum Gasteiger partial charge on any atom is 0.268 e. The highest BCUT2D eigenvalue weighted by Crippen LogP contribution is 2.30. The number of nitrogens with zero attached hydrogens (tertiary/aromatic N) is 2. The highest BCUT2D eigenvalue weighted by Gasteiger charge is 2.19. The molecule has 2 heterocycles. The third-order valence-corrected chi connectivity index (χ3v) is 4.77. The molecule has 0 spiro atoms. The van der Waals surface area contributed by atoms with Gasteiger partial charge < -0.3 is 15.4 Å². The van der Waals surface area contributed by atoms with Crippen LogP contribution in [0.4, 0.5) is 0 Å². The first-order chi connectivity index (χ1) is 14.2. The van der Waals surface area contributed by atoms with Crippen LogP contribution in [0, 0.1) is 0 Å². The monoisotopic (exact) mass is 407 g/mol. The molecular formula is C21H18ClN5O2. The van der Waals surface area contributed by atoms with Crippen LogP contribution in [-0.2, 0) is 0 Å². The summed E-state index contributed by atoms with van der Waals surface area (Å²) in [6, 6.07) is 17.8. The van der Waals surface area contributed by atoms with Gasteiger partial charge in [-0.3, -0.25) is 4.79 Å². The van der Waals surface area contributed by atoms with Crippen LogP contribution in [-0.4, -0.2) is 38.0 Å². The fourth-order valence-electron chi connectivity index (χ4n) is 3.09. The molecule has 2 aromatic heterocycles. The van der Waals surface area contributed by atoms with E-state index in [0.29, 0.717) is 27.7 Å². The van der Waals surface area contributed by atoms with E-state index < -0.39 is 6.04 Å². The quantitative estimate of drug-likeness (QED) is 0.392. The van der Waals surface area contributed by atoms with E-state index in [1.807, 2.05) is 42.5 Å².